The van der Waals surface area contributed by atoms with Gasteiger partial charge < -0.3 is 44.1 Å². The molecule has 0 fully saturated rings. The van der Waals surface area contributed by atoms with E-state index in [0.717, 1.165) is 11.1 Å². The lowest BCUT2D eigenvalue weighted by molar-refractivity contribution is -0.138. The number of nitrogens with zero attached hydrogens (tertiary/aromatic N) is 6. The molecule has 18 heteroatoms. The van der Waals surface area contributed by atoms with Crippen LogP contribution in [0.3, 0.4) is 0 Å². The number of pyridine rings is 2. The van der Waals surface area contributed by atoms with Crippen molar-refractivity contribution >= 4 is 41.8 Å². The number of carbonyl (C=O) groups is 5. The number of aromatic nitrogens is 2. The van der Waals surface area contributed by atoms with Gasteiger partial charge in [-0.1, -0.05) is 61.4 Å². The number of carbonyl (C=O) groups excluding carboxylic acids is 3. The number of benzene rings is 2. The Bertz CT molecular complexity index is 2520. The smallest absolute Gasteiger partial charge is 0.410 e. The molecule has 4 aromatic rings. The minimum Gasteiger partial charge on any atom is -0.487 e. The van der Waals surface area contributed by atoms with E-state index in [0.29, 0.717) is 114 Å². The Morgan fingerprint density at radius 3 is 1.40 bits per heavy atom. The predicted molar refractivity (Wildman–Crippen MR) is 269 cm³/mol. The van der Waals surface area contributed by atoms with Crippen molar-refractivity contribution in [3.8, 4) is 11.5 Å². The summed E-state index contributed by atoms with van der Waals surface area (Å²) in [7, 11) is 0. The van der Waals surface area contributed by atoms with Crippen molar-refractivity contribution < 1.29 is 58.2 Å². The highest BCUT2D eigenvalue weighted by Gasteiger charge is 2.27. The largest absolute Gasteiger partial charge is 0.487 e. The second kappa shape index (κ2) is 28.9. The van der Waals surface area contributed by atoms with E-state index >= 15 is 0 Å². The number of aliphatic hydroxyl groups excluding tert-OH is 1. The van der Waals surface area contributed by atoms with Gasteiger partial charge >= 0.3 is 24.1 Å². The predicted octanol–water partition coefficient (Wildman–Crippen LogP) is 11.1. The zero-order chi connectivity index (χ0) is 53.4. The van der Waals surface area contributed by atoms with Crippen molar-refractivity contribution in [3.05, 3.63) is 129 Å². The summed E-state index contributed by atoms with van der Waals surface area (Å²) in [5, 5.41) is 27.7. The third kappa shape index (κ3) is 20.8. The van der Waals surface area contributed by atoms with Gasteiger partial charge in [0.15, 0.2) is 17.7 Å². The first-order valence-electron chi connectivity index (χ1n) is 23.7. The first-order valence-corrected chi connectivity index (χ1v) is 23.7. The molecule has 0 radical (unpaired) electrons. The minimum atomic E-state index is -0.854. The van der Waals surface area contributed by atoms with Crippen molar-refractivity contribution in [3.63, 3.8) is 0 Å². The Kier molecular flexibility index (Phi) is 23.6. The maximum Gasteiger partial charge on any atom is 0.410 e. The zero-order valence-electron chi connectivity index (χ0n) is 42.7. The van der Waals surface area contributed by atoms with Gasteiger partial charge in [-0.2, -0.15) is 0 Å². The average Bonchev–Trinajstić information content (AvgIpc) is 3.31. The molecule has 386 valence electrons. The summed E-state index contributed by atoms with van der Waals surface area (Å²) in [5.74, 6) is -0.805. The number of aliphatic carboxylic acids is 2. The van der Waals surface area contributed by atoms with E-state index < -0.39 is 35.3 Å². The SMILES string of the molecule is [C-]#[N+]c1ccc(COc2c(C)ncc(C=O)c2CN(CCCCCC(=O)O)C(=O)OC(C)(C)C)cc1.[C-]#[N+]c1ccc(COc2c(C)ncc(CO)c2CN(CCCCCC(=O)O)C(=O)OC(C)(C)C)cc1. The van der Waals surface area contributed by atoms with Gasteiger partial charge in [0.1, 0.15) is 35.9 Å². The number of rotatable bonds is 24. The lowest BCUT2D eigenvalue weighted by Crippen LogP contribution is -2.37. The molecule has 2 amide bonds. The van der Waals surface area contributed by atoms with E-state index in [1.807, 2.05) is 12.1 Å². The van der Waals surface area contributed by atoms with E-state index in [9.17, 15) is 29.1 Å². The van der Waals surface area contributed by atoms with Gasteiger partial charge in [0.25, 0.3) is 0 Å². The maximum absolute atomic E-state index is 13.0. The topological polar surface area (TPSA) is 224 Å². The van der Waals surface area contributed by atoms with Crippen LogP contribution < -0.4 is 9.47 Å². The van der Waals surface area contributed by atoms with Crippen molar-refractivity contribution in [2.45, 2.75) is 151 Å². The summed E-state index contributed by atoms with van der Waals surface area (Å²) >= 11 is 0. The van der Waals surface area contributed by atoms with Crippen molar-refractivity contribution in [1.82, 2.24) is 19.8 Å². The number of amides is 2. The van der Waals surface area contributed by atoms with Gasteiger partial charge in [0.05, 0.1) is 44.2 Å². The zero-order valence-corrected chi connectivity index (χ0v) is 42.7. The van der Waals surface area contributed by atoms with Gasteiger partial charge in [0.2, 0.25) is 0 Å². The molecule has 2 heterocycles. The molecule has 0 atom stereocenters. The number of ether oxygens (including phenoxy) is 4. The second-order valence-electron chi connectivity index (χ2n) is 18.9. The Hall–Kier alpha value is -7.57. The highest BCUT2D eigenvalue weighted by molar-refractivity contribution is 5.79. The normalized spacial score (nSPS) is 10.9. The van der Waals surface area contributed by atoms with Crippen LogP contribution in [0, 0.1) is 27.0 Å². The number of aldehydes is 1. The van der Waals surface area contributed by atoms with E-state index in [4.69, 9.17) is 42.3 Å². The van der Waals surface area contributed by atoms with Gasteiger partial charge in [0, 0.05) is 60.6 Å². The fourth-order valence-electron chi connectivity index (χ4n) is 6.95. The Balaban J connectivity index is 0.000000380. The van der Waals surface area contributed by atoms with Crippen LogP contribution in [0.5, 0.6) is 11.5 Å². The highest BCUT2D eigenvalue weighted by atomic mass is 16.6. The fourth-order valence-corrected chi connectivity index (χ4v) is 6.95. The molecule has 0 aliphatic heterocycles. The van der Waals surface area contributed by atoms with Crippen LogP contribution in [-0.4, -0.2) is 89.8 Å². The summed E-state index contributed by atoms with van der Waals surface area (Å²) in [6, 6.07) is 14.1. The van der Waals surface area contributed by atoms with Crippen LogP contribution in [0.15, 0.2) is 60.9 Å². The third-order valence-corrected chi connectivity index (χ3v) is 10.6. The van der Waals surface area contributed by atoms with Crippen molar-refractivity contribution in [1.29, 1.82) is 0 Å². The number of aryl methyl sites for hydroxylation is 2. The van der Waals surface area contributed by atoms with Crippen LogP contribution in [0.4, 0.5) is 21.0 Å². The van der Waals surface area contributed by atoms with Crippen LogP contribution >= 0.6 is 0 Å². The molecule has 0 saturated carbocycles. The molecule has 0 unspecified atom stereocenters. The first-order chi connectivity index (χ1) is 34.1. The minimum absolute atomic E-state index is 0.0667. The molecule has 2 aromatic heterocycles. The number of unbranched alkanes of at least 4 members (excludes halogenated alkanes) is 4. The molecule has 2 aromatic carbocycles. The molecule has 0 saturated heterocycles. The van der Waals surface area contributed by atoms with E-state index in [1.54, 1.807) is 103 Å². The Morgan fingerprint density at radius 2 is 1.03 bits per heavy atom. The molecule has 0 bridgehead atoms. The van der Waals surface area contributed by atoms with Crippen molar-refractivity contribution in [2.75, 3.05) is 13.1 Å². The summed E-state index contributed by atoms with van der Waals surface area (Å²) in [6.07, 6.45) is 6.32. The molecule has 3 N–H and O–H groups in total. The number of hydrogen-bond acceptors (Lipinski definition) is 12. The van der Waals surface area contributed by atoms with Crippen LogP contribution in [0.1, 0.15) is 142 Å². The Labute approximate surface area is 422 Å². The third-order valence-electron chi connectivity index (χ3n) is 10.6. The molecule has 18 nitrogen and oxygen atoms in total. The summed E-state index contributed by atoms with van der Waals surface area (Å²) in [4.78, 5) is 78.0. The van der Waals surface area contributed by atoms with Crippen molar-refractivity contribution in [2.24, 2.45) is 0 Å². The van der Waals surface area contributed by atoms with E-state index in [2.05, 4.69) is 19.7 Å². The maximum atomic E-state index is 13.0. The van der Waals surface area contributed by atoms with Crippen LogP contribution in [0.25, 0.3) is 9.69 Å². The number of carboxylic acids is 2. The van der Waals surface area contributed by atoms with E-state index in [1.165, 1.54) is 11.1 Å². The van der Waals surface area contributed by atoms with Crippen LogP contribution in [0.2, 0.25) is 0 Å². The monoisotopic (exact) mass is 992 g/mol. The molecule has 0 spiro atoms. The van der Waals surface area contributed by atoms with Crippen LogP contribution in [-0.2, 0) is 52.0 Å². The lowest BCUT2D eigenvalue weighted by atomic mass is 10.1. The molecule has 0 aliphatic carbocycles. The van der Waals surface area contributed by atoms with Gasteiger partial charge in [-0.05, 0) is 92.2 Å². The van der Waals surface area contributed by atoms with Gasteiger partial charge in [-0.25, -0.2) is 19.3 Å². The summed E-state index contributed by atoms with van der Waals surface area (Å²) < 4.78 is 23.4. The summed E-state index contributed by atoms with van der Waals surface area (Å²) in [5.41, 5.74) is 4.55. The molecular formula is C54H68N6O12. The Morgan fingerprint density at radius 1 is 0.625 bits per heavy atom. The number of aliphatic hydroxyl groups is 1. The quantitative estimate of drug-likeness (QED) is 0.0337. The van der Waals surface area contributed by atoms with Gasteiger partial charge in [-0.3, -0.25) is 24.4 Å². The standard InChI is InChI=1S/C27H35N3O6.C27H33N3O6/c2*1-19-25(35-18-20-10-12-22(28-5)13-11-20)23(21(17-31)15-29-19)16-30(26(34)36-27(2,3)4)14-8-6-7-9-24(32)33/h10-13,15,31H,6-9,14,16-18H2,1-4H3,(H,32,33);10-13,15,17H,6-9,14,16,18H2,1-4H3,(H,32,33). The molecule has 4 rings (SSSR count). The number of carboxylic acid groups (broad SMARTS) is 2. The molecule has 72 heavy (non-hydrogen) atoms. The molecular weight excluding hydrogens is 925 g/mol. The first kappa shape index (κ1) is 58.7. The number of hydrogen-bond donors (Lipinski definition) is 3. The second-order valence-corrected chi connectivity index (χ2v) is 18.9. The average molecular weight is 993 g/mol. The molecule has 0 aliphatic rings. The fraction of sp³-hybridized carbons (Fsp3) is 0.463. The van der Waals surface area contributed by atoms with Gasteiger partial charge in [-0.15, -0.1) is 0 Å². The van der Waals surface area contributed by atoms with E-state index in [-0.39, 0.29) is 45.8 Å². The summed E-state index contributed by atoms with van der Waals surface area (Å²) in [6.45, 7) is 29.5. The lowest BCUT2D eigenvalue weighted by Gasteiger charge is -2.29. The highest BCUT2D eigenvalue weighted by Crippen LogP contribution is 2.31.